The Morgan fingerprint density at radius 2 is 2.00 bits per heavy atom. The molecule has 0 bridgehead atoms. The van der Waals surface area contributed by atoms with Crippen LogP contribution in [0, 0.1) is 6.92 Å². The number of rotatable bonds is 3. The zero-order valence-electron chi connectivity index (χ0n) is 11.2. The van der Waals surface area contributed by atoms with Crippen LogP contribution in [-0.2, 0) is 0 Å². The van der Waals surface area contributed by atoms with Crippen LogP contribution >= 0.6 is 15.9 Å². The number of aromatic nitrogens is 4. The van der Waals surface area contributed by atoms with Gasteiger partial charge < -0.3 is 0 Å². The van der Waals surface area contributed by atoms with Crippen LogP contribution in [0.5, 0.6) is 0 Å². The van der Waals surface area contributed by atoms with Crippen molar-refractivity contribution < 1.29 is 4.79 Å². The summed E-state index contributed by atoms with van der Waals surface area (Å²) in [6, 6.07) is 7.69. The van der Waals surface area contributed by atoms with Crippen LogP contribution in [0.15, 0.2) is 47.3 Å². The van der Waals surface area contributed by atoms with Gasteiger partial charge in [-0.3, -0.25) is 14.8 Å². The smallest absolute Gasteiger partial charge is 0.153 e. The average Bonchev–Trinajstić information content (AvgIpc) is 2.92. The molecule has 2 aromatic heterocycles. The molecule has 104 valence electrons. The Hall–Kier alpha value is -2.34. The van der Waals surface area contributed by atoms with E-state index < -0.39 is 0 Å². The summed E-state index contributed by atoms with van der Waals surface area (Å²) in [5.74, 6) is 0. The van der Waals surface area contributed by atoms with E-state index in [2.05, 4.69) is 31.0 Å². The summed E-state index contributed by atoms with van der Waals surface area (Å²) in [4.78, 5) is 19.8. The molecule has 0 saturated heterocycles. The van der Waals surface area contributed by atoms with Crippen LogP contribution in [0.4, 0.5) is 0 Å². The largest absolute Gasteiger partial charge is 0.298 e. The Kier molecular flexibility index (Phi) is 3.62. The predicted molar refractivity (Wildman–Crippen MR) is 82.4 cm³/mol. The number of hydrogen-bond donors (Lipinski definition) is 0. The summed E-state index contributed by atoms with van der Waals surface area (Å²) >= 11 is 3.43. The van der Waals surface area contributed by atoms with E-state index in [1.54, 1.807) is 23.3 Å². The summed E-state index contributed by atoms with van der Waals surface area (Å²) in [5, 5.41) is 4.49. The Labute approximate surface area is 129 Å². The monoisotopic (exact) mass is 342 g/mol. The minimum absolute atomic E-state index is 0.485. The number of hydrogen-bond acceptors (Lipinski definition) is 4. The van der Waals surface area contributed by atoms with Crippen molar-refractivity contribution in [1.29, 1.82) is 0 Å². The van der Waals surface area contributed by atoms with E-state index >= 15 is 0 Å². The second-order valence-electron chi connectivity index (χ2n) is 4.47. The molecule has 0 N–H and O–H groups in total. The quantitative estimate of drug-likeness (QED) is 0.685. The number of nitrogens with zero attached hydrogens (tertiary/aromatic N) is 4. The van der Waals surface area contributed by atoms with Crippen LogP contribution < -0.4 is 0 Å². The zero-order valence-corrected chi connectivity index (χ0v) is 12.8. The summed E-state index contributed by atoms with van der Waals surface area (Å²) < 4.78 is 2.61. The molecule has 0 aliphatic rings. The van der Waals surface area contributed by atoms with E-state index in [1.807, 2.05) is 31.2 Å². The fourth-order valence-corrected chi connectivity index (χ4v) is 2.44. The summed E-state index contributed by atoms with van der Waals surface area (Å²) in [6.45, 7) is 1.84. The van der Waals surface area contributed by atoms with Gasteiger partial charge in [-0.05, 0) is 25.1 Å². The first-order valence-electron chi connectivity index (χ1n) is 6.28. The third-order valence-corrected chi connectivity index (χ3v) is 3.54. The molecule has 3 aromatic rings. The zero-order chi connectivity index (χ0) is 14.8. The van der Waals surface area contributed by atoms with E-state index in [4.69, 9.17) is 0 Å². The number of benzene rings is 1. The number of carbonyl (C=O) groups is 1. The van der Waals surface area contributed by atoms with Crippen LogP contribution in [0.1, 0.15) is 16.1 Å². The van der Waals surface area contributed by atoms with Crippen molar-refractivity contribution in [3.63, 3.8) is 0 Å². The molecule has 0 aliphatic heterocycles. The standard InChI is InChI=1S/C15H11BrN4O/c1-10-14(18-6-5-17-10)15-11(9-21)8-20(19-15)13-4-2-3-12(16)7-13/h2-9H,1H3. The van der Waals surface area contributed by atoms with E-state index in [-0.39, 0.29) is 0 Å². The minimum Gasteiger partial charge on any atom is -0.298 e. The highest BCUT2D eigenvalue weighted by atomic mass is 79.9. The highest BCUT2D eigenvalue weighted by molar-refractivity contribution is 9.10. The lowest BCUT2D eigenvalue weighted by molar-refractivity contribution is 0.112. The minimum atomic E-state index is 0.485. The SMILES string of the molecule is Cc1nccnc1-c1nn(-c2cccc(Br)c2)cc1C=O. The highest BCUT2D eigenvalue weighted by Crippen LogP contribution is 2.23. The van der Waals surface area contributed by atoms with E-state index in [0.29, 0.717) is 17.0 Å². The van der Waals surface area contributed by atoms with Crippen molar-refractivity contribution in [2.75, 3.05) is 0 Å². The van der Waals surface area contributed by atoms with E-state index in [1.165, 1.54) is 0 Å². The second kappa shape index (κ2) is 5.57. The Balaban J connectivity index is 2.15. The Morgan fingerprint density at radius 1 is 1.19 bits per heavy atom. The first-order valence-corrected chi connectivity index (χ1v) is 7.07. The van der Waals surface area contributed by atoms with Gasteiger partial charge in [-0.15, -0.1) is 0 Å². The van der Waals surface area contributed by atoms with Crippen molar-refractivity contribution in [2.45, 2.75) is 6.92 Å². The fourth-order valence-electron chi connectivity index (χ4n) is 2.05. The second-order valence-corrected chi connectivity index (χ2v) is 5.38. The van der Waals surface area contributed by atoms with Gasteiger partial charge in [-0.25, -0.2) is 4.68 Å². The molecule has 3 rings (SSSR count). The molecule has 0 unspecified atom stereocenters. The van der Waals surface area contributed by atoms with Crippen LogP contribution in [0.3, 0.4) is 0 Å². The first-order chi connectivity index (χ1) is 10.2. The van der Waals surface area contributed by atoms with Gasteiger partial charge in [-0.2, -0.15) is 5.10 Å². The first kappa shape index (κ1) is 13.6. The Bertz CT molecular complexity index is 813. The lowest BCUT2D eigenvalue weighted by atomic mass is 10.2. The molecule has 0 aliphatic carbocycles. The lowest BCUT2D eigenvalue weighted by Crippen LogP contribution is -1.97. The van der Waals surface area contributed by atoms with Gasteiger partial charge in [0.05, 0.1) is 16.9 Å². The molecule has 0 radical (unpaired) electrons. The van der Waals surface area contributed by atoms with Gasteiger partial charge in [0.2, 0.25) is 0 Å². The molecule has 5 nitrogen and oxygen atoms in total. The summed E-state index contributed by atoms with van der Waals surface area (Å²) in [7, 11) is 0. The van der Waals surface area contributed by atoms with E-state index in [0.717, 1.165) is 22.1 Å². The lowest BCUT2D eigenvalue weighted by Gasteiger charge is -2.02. The molecule has 0 spiro atoms. The molecule has 6 heteroatoms. The molecule has 21 heavy (non-hydrogen) atoms. The van der Waals surface area contributed by atoms with Gasteiger partial charge in [0, 0.05) is 23.1 Å². The maximum absolute atomic E-state index is 11.3. The fraction of sp³-hybridized carbons (Fsp3) is 0.0667. The molecule has 2 heterocycles. The van der Waals surface area contributed by atoms with Gasteiger partial charge in [0.1, 0.15) is 11.4 Å². The number of aldehydes is 1. The molecular weight excluding hydrogens is 332 g/mol. The molecule has 0 saturated carbocycles. The molecule has 0 atom stereocenters. The normalized spacial score (nSPS) is 10.6. The third-order valence-electron chi connectivity index (χ3n) is 3.05. The molecule has 0 fully saturated rings. The number of halogens is 1. The van der Waals surface area contributed by atoms with Crippen molar-refractivity contribution in [3.05, 3.63) is 58.6 Å². The van der Waals surface area contributed by atoms with Gasteiger partial charge >= 0.3 is 0 Å². The Morgan fingerprint density at radius 3 is 2.71 bits per heavy atom. The highest BCUT2D eigenvalue weighted by Gasteiger charge is 2.15. The van der Waals surface area contributed by atoms with Crippen LogP contribution in [-0.4, -0.2) is 26.0 Å². The van der Waals surface area contributed by atoms with Crippen molar-refractivity contribution in [3.8, 4) is 17.1 Å². The van der Waals surface area contributed by atoms with Gasteiger partial charge in [-0.1, -0.05) is 22.0 Å². The van der Waals surface area contributed by atoms with Crippen molar-refractivity contribution in [2.24, 2.45) is 0 Å². The maximum Gasteiger partial charge on any atom is 0.153 e. The molecule has 0 amide bonds. The van der Waals surface area contributed by atoms with Gasteiger partial charge in [0.15, 0.2) is 6.29 Å². The maximum atomic E-state index is 11.3. The number of carbonyl (C=O) groups excluding carboxylic acids is 1. The van der Waals surface area contributed by atoms with Crippen LogP contribution in [0.2, 0.25) is 0 Å². The topological polar surface area (TPSA) is 60.7 Å². The summed E-state index contributed by atoms with van der Waals surface area (Å²) in [6.07, 6.45) is 5.68. The van der Waals surface area contributed by atoms with Crippen LogP contribution in [0.25, 0.3) is 17.1 Å². The van der Waals surface area contributed by atoms with Gasteiger partial charge in [0.25, 0.3) is 0 Å². The average molecular weight is 343 g/mol. The number of aryl methyl sites for hydroxylation is 1. The van der Waals surface area contributed by atoms with E-state index in [9.17, 15) is 4.79 Å². The molecular formula is C15H11BrN4O. The van der Waals surface area contributed by atoms with Crippen molar-refractivity contribution >= 4 is 22.2 Å². The summed E-state index contributed by atoms with van der Waals surface area (Å²) in [5.41, 5.74) is 3.24. The predicted octanol–water partition coefficient (Wildman–Crippen LogP) is 3.21. The van der Waals surface area contributed by atoms with Crippen molar-refractivity contribution in [1.82, 2.24) is 19.7 Å². The molecule has 1 aromatic carbocycles. The third kappa shape index (κ3) is 2.62.